The van der Waals surface area contributed by atoms with Crippen LogP contribution in [0.1, 0.15) is 12.8 Å². The van der Waals surface area contributed by atoms with Gasteiger partial charge in [0, 0.05) is 6.04 Å². The average molecular weight is 176 g/mol. The molecule has 1 aliphatic heterocycles. The second kappa shape index (κ2) is 2.35. The topological polar surface area (TPSA) is 35.2 Å². The van der Waals surface area contributed by atoms with Gasteiger partial charge < -0.3 is 10.5 Å². The molecule has 0 amide bonds. The summed E-state index contributed by atoms with van der Waals surface area (Å²) in [6.45, 7) is 1.000. The van der Waals surface area contributed by atoms with Crippen LogP contribution in [0.2, 0.25) is 0 Å². The van der Waals surface area contributed by atoms with Gasteiger partial charge in [0.1, 0.15) is 0 Å². The molecule has 2 aliphatic carbocycles. The molecule has 11 heavy (non-hydrogen) atoms. The molecule has 64 valence electrons. The van der Waals surface area contributed by atoms with E-state index in [0.29, 0.717) is 12.1 Å². The Bertz CT molecular complexity index is 173. The van der Waals surface area contributed by atoms with Crippen LogP contribution in [0.3, 0.4) is 0 Å². The van der Waals surface area contributed by atoms with Gasteiger partial charge in [0.2, 0.25) is 0 Å². The molecule has 3 aliphatic rings. The zero-order valence-electron chi connectivity index (χ0n) is 6.40. The van der Waals surface area contributed by atoms with E-state index in [1.807, 2.05) is 0 Å². The Labute approximate surface area is 72.9 Å². The first-order chi connectivity index (χ1) is 4.86. The van der Waals surface area contributed by atoms with Gasteiger partial charge in [-0.3, -0.25) is 0 Å². The molecule has 2 N–H and O–H groups in total. The van der Waals surface area contributed by atoms with Crippen LogP contribution in [0.15, 0.2) is 0 Å². The van der Waals surface area contributed by atoms with Gasteiger partial charge in [-0.1, -0.05) is 0 Å². The molecular weight excluding hydrogens is 162 g/mol. The molecule has 3 rings (SSSR count). The van der Waals surface area contributed by atoms with Crippen molar-refractivity contribution in [3.63, 3.8) is 0 Å². The summed E-state index contributed by atoms with van der Waals surface area (Å²) in [4.78, 5) is 0. The second-order valence-electron chi connectivity index (χ2n) is 4.03. The Morgan fingerprint density at radius 2 is 2.00 bits per heavy atom. The summed E-state index contributed by atoms with van der Waals surface area (Å²) in [5, 5.41) is 0. The molecule has 1 saturated heterocycles. The lowest BCUT2D eigenvalue weighted by Gasteiger charge is -2.22. The molecule has 2 saturated carbocycles. The third-order valence-electron chi connectivity index (χ3n) is 3.63. The van der Waals surface area contributed by atoms with Crippen LogP contribution in [0.5, 0.6) is 0 Å². The maximum atomic E-state index is 5.98. The quantitative estimate of drug-likeness (QED) is 0.591. The maximum Gasteiger partial charge on any atom is 0.0760 e. The van der Waals surface area contributed by atoms with Gasteiger partial charge in [0.15, 0.2) is 0 Å². The van der Waals surface area contributed by atoms with Crippen LogP contribution >= 0.6 is 12.4 Å². The highest BCUT2D eigenvalue weighted by Gasteiger charge is 2.55. The van der Waals surface area contributed by atoms with E-state index in [0.717, 1.165) is 24.4 Å². The SMILES string of the molecule is Cl.NC1C2CC3COC1C3C2. The highest BCUT2D eigenvalue weighted by Crippen LogP contribution is 2.52. The molecule has 0 aromatic rings. The minimum atomic E-state index is 0. The standard InChI is InChI=1S/C8H13NO.ClH/c9-7-4-1-5-3-10-8(7)6(5)2-4;/h4-8H,1-3,9H2;1H. The number of fused-ring (bicyclic) bond motifs is 1. The van der Waals surface area contributed by atoms with Crippen molar-refractivity contribution in [2.75, 3.05) is 6.61 Å². The van der Waals surface area contributed by atoms with Crippen LogP contribution in [0.4, 0.5) is 0 Å². The van der Waals surface area contributed by atoms with Crippen molar-refractivity contribution in [3.05, 3.63) is 0 Å². The summed E-state index contributed by atoms with van der Waals surface area (Å²) in [6, 6.07) is 0.378. The predicted molar refractivity (Wildman–Crippen MR) is 44.7 cm³/mol. The summed E-state index contributed by atoms with van der Waals surface area (Å²) in [7, 11) is 0. The van der Waals surface area contributed by atoms with E-state index in [1.54, 1.807) is 0 Å². The first kappa shape index (κ1) is 7.84. The van der Waals surface area contributed by atoms with E-state index in [9.17, 15) is 0 Å². The number of halogens is 1. The van der Waals surface area contributed by atoms with Gasteiger partial charge in [0.25, 0.3) is 0 Å². The molecule has 2 bridgehead atoms. The number of ether oxygens (including phenoxy) is 1. The van der Waals surface area contributed by atoms with Crippen LogP contribution in [0.25, 0.3) is 0 Å². The third-order valence-corrected chi connectivity index (χ3v) is 3.63. The van der Waals surface area contributed by atoms with E-state index in [1.165, 1.54) is 12.8 Å². The van der Waals surface area contributed by atoms with Crippen LogP contribution < -0.4 is 5.73 Å². The van der Waals surface area contributed by atoms with Crippen molar-refractivity contribution in [1.29, 1.82) is 0 Å². The Balaban J connectivity index is 0.000000480. The largest absolute Gasteiger partial charge is 0.376 e. The molecule has 1 heterocycles. The average Bonchev–Trinajstić information content (AvgIpc) is 2.43. The lowest BCUT2D eigenvalue weighted by molar-refractivity contribution is 0.0879. The van der Waals surface area contributed by atoms with Crippen LogP contribution in [-0.2, 0) is 4.74 Å². The first-order valence-corrected chi connectivity index (χ1v) is 4.23. The lowest BCUT2D eigenvalue weighted by Crippen LogP contribution is -2.39. The van der Waals surface area contributed by atoms with Crippen molar-refractivity contribution in [2.24, 2.45) is 23.5 Å². The van der Waals surface area contributed by atoms with Gasteiger partial charge in [-0.2, -0.15) is 0 Å². The smallest absolute Gasteiger partial charge is 0.0760 e. The molecule has 0 aromatic heterocycles. The van der Waals surface area contributed by atoms with Crippen molar-refractivity contribution < 1.29 is 4.74 Å². The summed E-state index contributed by atoms with van der Waals surface area (Å²) >= 11 is 0. The zero-order chi connectivity index (χ0) is 6.72. The van der Waals surface area contributed by atoms with Crippen LogP contribution in [0, 0.1) is 17.8 Å². The fourth-order valence-corrected chi connectivity index (χ4v) is 3.13. The molecule has 5 unspecified atom stereocenters. The normalized spacial score (nSPS) is 58.1. The van der Waals surface area contributed by atoms with E-state index < -0.39 is 0 Å². The predicted octanol–water partition coefficient (Wildman–Crippen LogP) is 0.790. The minimum absolute atomic E-state index is 0. The lowest BCUT2D eigenvalue weighted by atomic mass is 9.87. The van der Waals surface area contributed by atoms with Crippen LogP contribution in [-0.4, -0.2) is 18.8 Å². The first-order valence-electron chi connectivity index (χ1n) is 4.23. The minimum Gasteiger partial charge on any atom is -0.376 e. The molecule has 0 radical (unpaired) electrons. The molecule has 0 aromatic carbocycles. The van der Waals surface area contributed by atoms with E-state index in [2.05, 4.69) is 0 Å². The molecule has 3 fully saturated rings. The van der Waals surface area contributed by atoms with E-state index >= 15 is 0 Å². The Morgan fingerprint density at radius 1 is 1.18 bits per heavy atom. The Morgan fingerprint density at radius 3 is 2.64 bits per heavy atom. The van der Waals surface area contributed by atoms with Crippen molar-refractivity contribution in [1.82, 2.24) is 0 Å². The van der Waals surface area contributed by atoms with Gasteiger partial charge >= 0.3 is 0 Å². The Hall–Kier alpha value is 0.210. The molecular formula is C8H14ClNO. The highest BCUT2D eigenvalue weighted by atomic mass is 35.5. The summed E-state index contributed by atoms with van der Waals surface area (Å²) in [6.07, 6.45) is 3.16. The van der Waals surface area contributed by atoms with E-state index in [-0.39, 0.29) is 12.4 Å². The summed E-state index contributed by atoms with van der Waals surface area (Å²) in [5.41, 5.74) is 5.98. The number of hydrogen-bond acceptors (Lipinski definition) is 2. The number of nitrogens with two attached hydrogens (primary N) is 1. The van der Waals surface area contributed by atoms with Crippen molar-refractivity contribution in [3.8, 4) is 0 Å². The molecule has 3 heteroatoms. The second-order valence-corrected chi connectivity index (χ2v) is 4.03. The molecule has 0 spiro atoms. The van der Waals surface area contributed by atoms with E-state index in [4.69, 9.17) is 10.5 Å². The zero-order valence-corrected chi connectivity index (χ0v) is 7.22. The van der Waals surface area contributed by atoms with Crippen molar-refractivity contribution in [2.45, 2.75) is 25.0 Å². The van der Waals surface area contributed by atoms with Gasteiger partial charge in [0.05, 0.1) is 12.7 Å². The van der Waals surface area contributed by atoms with Gasteiger partial charge in [-0.25, -0.2) is 0 Å². The molecule has 5 atom stereocenters. The van der Waals surface area contributed by atoms with Crippen molar-refractivity contribution >= 4 is 12.4 Å². The monoisotopic (exact) mass is 175 g/mol. The van der Waals surface area contributed by atoms with Gasteiger partial charge in [-0.05, 0) is 30.6 Å². The summed E-state index contributed by atoms with van der Waals surface area (Å²) in [5.74, 6) is 2.54. The number of rotatable bonds is 0. The highest BCUT2D eigenvalue weighted by molar-refractivity contribution is 5.85. The maximum absolute atomic E-state index is 5.98. The molecule has 2 nitrogen and oxygen atoms in total. The summed E-state index contributed by atoms with van der Waals surface area (Å²) < 4.78 is 5.62. The van der Waals surface area contributed by atoms with Gasteiger partial charge in [-0.15, -0.1) is 12.4 Å². The fourth-order valence-electron chi connectivity index (χ4n) is 3.13. The number of hydrogen-bond donors (Lipinski definition) is 1. The fraction of sp³-hybridized carbons (Fsp3) is 1.00. The Kier molecular flexibility index (Phi) is 1.67. The third kappa shape index (κ3) is 0.807.